The standard InChI is InChI=1S/C18H27NO4/c1-12(2)22-16(20)11-19-17(21)13(3)23-15-9-7-8-14(10-15)18(4,5)6/h7-10,12-13H,11H2,1-6H3,(H,19,21). The van der Waals surface area contributed by atoms with Gasteiger partial charge in [-0.05, 0) is 43.9 Å². The Balaban J connectivity index is 2.57. The molecule has 0 fully saturated rings. The van der Waals surface area contributed by atoms with Crippen LogP contribution in [0.1, 0.15) is 47.1 Å². The van der Waals surface area contributed by atoms with Crippen LogP contribution in [-0.4, -0.2) is 30.6 Å². The van der Waals surface area contributed by atoms with Crippen LogP contribution >= 0.6 is 0 Å². The maximum Gasteiger partial charge on any atom is 0.325 e. The van der Waals surface area contributed by atoms with Crippen molar-refractivity contribution in [1.29, 1.82) is 0 Å². The number of ether oxygens (including phenoxy) is 2. The molecule has 1 rings (SSSR count). The maximum absolute atomic E-state index is 12.0. The molecule has 5 nitrogen and oxygen atoms in total. The van der Waals surface area contributed by atoms with Crippen molar-refractivity contribution in [2.24, 2.45) is 0 Å². The lowest BCUT2D eigenvalue weighted by atomic mass is 9.87. The quantitative estimate of drug-likeness (QED) is 0.818. The molecule has 1 atom stereocenters. The van der Waals surface area contributed by atoms with Crippen LogP contribution in [0.3, 0.4) is 0 Å². The molecule has 0 aliphatic rings. The number of esters is 1. The van der Waals surface area contributed by atoms with Gasteiger partial charge in [-0.1, -0.05) is 32.9 Å². The summed E-state index contributed by atoms with van der Waals surface area (Å²) in [6.45, 7) is 11.3. The van der Waals surface area contributed by atoms with Crippen molar-refractivity contribution in [3.8, 4) is 5.75 Å². The molecule has 0 radical (unpaired) electrons. The number of nitrogens with one attached hydrogen (secondary N) is 1. The Kier molecular flexibility index (Phi) is 6.61. The highest BCUT2D eigenvalue weighted by molar-refractivity contribution is 5.84. The highest BCUT2D eigenvalue weighted by atomic mass is 16.5. The molecule has 128 valence electrons. The van der Waals surface area contributed by atoms with Crippen molar-refractivity contribution in [2.75, 3.05) is 6.54 Å². The van der Waals surface area contributed by atoms with Gasteiger partial charge in [-0.2, -0.15) is 0 Å². The van der Waals surface area contributed by atoms with E-state index in [1.165, 1.54) is 0 Å². The zero-order valence-corrected chi connectivity index (χ0v) is 14.8. The Labute approximate surface area is 138 Å². The van der Waals surface area contributed by atoms with Gasteiger partial charge < -0.3 is 14.8 Å². The van der Waals surface area contributed by atoms with E-state index in [0.717, 1.165) is 5.56 Å². The smallest absolute Gasteiger partial charge is 0.325 e. The number of amides is 1. The van der Waals surface area contributed by atoms with Gasteiger partial charge in [0, 0.05) is 0 Å². The summed E-state index contributed by atoms with van der Waals surface area (Å²) in [5.74, 6) is -0.188. The molecule has 0 aliphatic heterocycles. The van der Waals surface area contributed by atoms with Gasteiger partial charge in [-0.15, -0.1) is 0 Å². The average molecular weight is 321 g/mol. The number of carbonyl (C=O) groups excluding carboxylic acids is 2. The van der Waals surface area contributed by atoms with Gasteiger partial charge in [0.05, 0.1) is 6.10 Å². The van der Waals surface area contributed by atoms with E-state index in [4.69, 9.17) is 9.47 Å². The first-order valence-electron chi connectivity index (χ1n) is 7.84. The van der Waals surface area contributed by atoms with Crippen LogP contribution < -0.4 is 10.1 Å². The van der Waals surface area contributed by atoms with E-state index in [1.807, 2.05) is 24.3 Å². The summed E-state index contributed by atoms with van der Waals surface area (Å²) in [6.07, 6.45) is -0.898. The molecule has 0 bridgehead atoms. The molecule has 1 aromatic carbocycles. The average Bonchev–Trinajstić information content (AvgIpc) is 2.43. The Hall–Kier alpha value is -2.04. The van der Waals surface area contributed by atoms with E-state index in [9.17, 15) is 9.59 Å². The summed E-state index contributed by atoms with van der Waals surface area (Å²) in [5, 5.41) is 2.51. The molecule has 1 amide bonds. The zero-order valence-electron chi connectivity index (χ0n) is 14.8. The van der Waals surface area contributed by atoms with Crippen molar-refractivity contribution in [3.05, 3.63) is 29.8 Å². The number of hydrogen-bond donors (Lipinski definition) is 1. The van der Waals surface area contributed by atoms with Crippen molar-refractivity contribution in [2.45, 2.75) is 59.2 Å². The van der Waals surface area contributed by atoms with E-state index in [-0.39, 0.29) is 24.0 Å². The van der Waals surface area contributed by atoms with Crippen LogP contribution in [0.2, 0.25) is 0 Å². The highest BCUT2D eigenvalue weighted by Crippen LogP contribution is 2.26. The monoisotopic (exact) mass is 321 g/mol. The van der Waals surface area contributed by atoms with Gasteiger partial charge in [-0.25, -0.2) is 0 Å². The predicted molar refractivity (Wildman–Crippen MR) is 89.5 cm³/mol. The molecule has 0 saturated carbocycles. The third-order valence-corrected chi connectivity index (χ3v) is 3.16. The number of carbonyl (C=O) groups is 2. The van der Waals surface area contributed by atoms with Gasteiger partial charge in [-0.3, -0.25) is 9.59 Å². The molecule has 23 heavy (non-hydrogen) atoms. The fourth-order valence-electron chi connectivity index (χ4n) is 1.90. The minimum Gasteiger partial charge on any atom is -0.481 e. The van der Waals surface area contributed by atoms with E-state index in [2.05, 4.69) is 26.1 Å². The van der Waals surface area contributed by atoms with E-state index < -0.39 is 12.1 Å². The predicted octanol–water partition coefficient (Wildman–Crippen LogP) is 2.82. The lowest BCUT2D eigenvalue weighted by Gasteiger charge is -2.21. The fourth-order valence-corrected chi connectivity index (χ4v) is 1.90. The molecule has 0 aliphatic carbocycles. The zero-order chi connectivity index (χ0) is 17.6. The molecule has 1 aromatic rings. The Morgan fingerprint density at radius 2 is 1.83 bits per heavy atom. The normalized spacial score (nSPS) is 12.7. The summed E-state index contributed by atoms with van der Waals surface area (Å²) in [7, 11) is 0. The van der Waals surface area contributed by atoms with Gasteiger partial charge in [0.25, 0.3) is 5.91 Å². The van der Waals surface area contributed by atoms with Gasteiger partial charge in [0.2, 0.25) is 0 Å². The van der Waals surface area contributed by atoms with Gasteiger partial charge >= 0.3 is 5.97 Å². The minimum atomic E-state index is -0.697. The third-order valence-electron chi connectivity index (χ3n) is 3.16. The van der Waals surface area contributed by atoms with E-state index in [0.29, 0.717) is 5.75 Å². The Morgan fingerprint density at radius 1 is 1.17 bits per heavy atom. The first kappa shape index (κ1) is 19.0. The fraction of sp³-hybridized carbons (Fsp3) is 0.556. The van der Waals surface area contributed by atoms with Crippen LogP contribution in [0.5, 0.6) is 5.75 Å². The van der Waals surface area contributed by atoms with Crippen LogP contribution in [0, 0.1) is 0 Å². The van der Waals surface area contributed by atoms with Crippen molar-refractivity contribution < 1.29 is 19.1 Å². The van der Waals surface area contributed by atoms with Gasteiger partial charge in [0.15, 0.2) is 6.10 Å². The number of hydrogen-bond acceptors (Lipinski definition) is 4. The largest absolute Gasteiger partial charge is 0.481 e. The van der Waals surface area contributed by atoms with Crippen molar-refractivity contribution in [3.63, 3.8) is 0 Å². The Bertz CT molecular complexity index is 546. The summed E-state index contributed by atoms with van der Waals surface area (Å²) in [4.78, 5) is 23.4. The molecule has 1 N–H and O–H groups in total. The second-order valence-electron chi connectivity index (χ2n) is 6.79. The lowest BCUT2D eigenvalue weighted by Crippen LogP contribution is -2.39. The molecule has 0 spiro atoms. The summed E-state index contributed by atoms with van der Waals surface area (Å²) >= 11 is 0. The topological polar surface area (TPSA) is 64.6 Å². The van der Waals surface area contributed by atoms with Crippen LogP contribution in [-0.2, 0) is 19.7 Å². The second-order valence-corrected chi connectivity index (χ2v) is 6.79. The third kappa shape index (κ3) is 6.72. The molecule has 5 heteroatoms. The Morgan fingerprint density at radius 3 is 2.39 bits per heavy atom. The van der Waals surface area contributed by atoms with E-state index >= 15 is 0 Å². The van der Waals surface area contributed by atoms with Crippen molar-refractivity contribution >= 4 is 11.9 Å². The molecule has 0 saturated heterocycles. The molecular formula is C18H27NO4. The van der Waals surface area contributed by atoms with Crippen LogP contribution in [0.15, 0.2) is 24.3 Å². The summed E-state index contributed by atoms with van der Waals surface area (Å²) < 4.78 is 10.6. The maximum atomic E-state index is 12.0. The first-order chi connectivity index (χ1) is 10.6. The molecule has 1 unspecified atom stereocenters. The molecule has 0 aromatic heterocycles. The van der Waals surface area contributed by atoms with Gasteiger partial charge in [0.1, 0.15) is 12.3 Å². The number of benzene rings is 1. The minimum absolute atomic E-state index is 0.00543. The summed E-state index contributed by atoms with van der Waals surface area (Å²) in [6, 6.07) is 7.67. The molecule has 0 heterocycles. The first-order valence-corrected chi connectivity index (χ1v) is 7.84. The highest BCUT2D eigenvalue weighted by Gasteiger charge is 2.18. The summed E-state index contributed by atoms with van der Waals surface area (Å²) in [5.41, 5.74) is 1.13. The SMILES string of the molecule is CC(C)OC(=O)CNC(=O)C(C)Oc1cccc(C(C)(C)C)c1. The lowest BCUT2D eigenvalue weighted by molar-refractivity contribution is -0.147. The van der Waals surface area contributed by atoms with Crippen molar-refractivity contribution in [1.82, 2.24) is 5.32 Å². The van der Waals surface area contributed by atoms with Crippen LogP contribution in [0.4, 0.5) is 0 Å². The number of rotatable bonds is 6. The van der Waals surface area contributed by atoms with E-state index in [1.54, 1.807) is 20.8 Å². The molecular weight excluding hydrogens is 294 g/mol. The second kappa shape index (κ2) is 7.99. The van der Waals surface area contributed by atoms with Crippen LogP contribution in [0.25, 0.3) is 0 Å².